The summed E-state index contributed by atoms with van der Waals surface area (Å²) in [5.41, 5.74) is 2.80. The van der Waals surface area contributed by atoms with E-state index in [1.54, 1.807) is 18.6 Å². The molecule has 0 bridgehead atoms. The third kappa shape index (κ3) is 2.90. The number of aromatic nitrogens is 4. The van der Waals surface area contributed by atoms with Crippen molar-refractivity contribution >= 4 is 11.0 Å². The van der Waals surface area contributed by atoms with Crippen LogP contribution < -0.4 is 10.1 Å². The van der Waals surface area contributed by atoms with Gasteiger partial charge in [0.05, 0.1) is 12.0 Å². The van der Waals surface area contributed by atoms with E-state index < -0.39 is 0 Å². The standard InChI is InChI=1S/C17H19N5O/c1-4-18-5-2-12(1)10-23-15-3-6-21-17-16(15)14(9-22-17)13-7-19-11-20-8-13/h3,6-9,11-12,18H,1-2,4-5,10H2,(H,21,22). The molecule has 1 aliphatic rings. The van der Waals surface area contributed by atoms with Gasteiger partial charge in [0, 0.05) is 35.9 Å². The van der Waals surface area contributed by atoms with E-state index in [9.17, 15) is 0 Å². The van der Waals surface area contributed by atoms with Crippen molar-refractivity contribution in [2.75, 3.05) is 19.7 Å². The molecular formula is C17H19N5O. The minimum absolute atomic E-state index is 0.613. The summed E-state index contributed by atoms with van der Waals surface area (Å²) < 4.78 is 6.15. The van der Waals surface area contributed by atoms with Gasteiger partial charge < -0.3 is 15.0 Å². The van der Waals surface area contributed by atoms with Crippen LogP contribution in [0, 0.1) is 5.92 Å². The first-order chi connectivity index (χ1) is 11.4. The maximum Gasteiger partial charge on any atom is 0.141 e. The number of hydrogen-bond donors (Lipinski definition) is 2. The third-order valence-corrected chi connectivity index (χ3v) is 4.34. The molecule has 1 saturated heterocycles. The van der Waals surface area contributed by atoms with Crippen molar-refractivity contribution in [3.8, 4) is 16.9 Å². The maximum absolute atomic E-state index is 6.15. The number of H-pyrrole nitrogens is 1. The number of nitrogens with one attached hydrogen (secondary N) is 2. The quantitative estimate of drug-likeness (QED) is 0.774. The lowest BCUT2D eigenvalue weighted by atomic mass is 9.99. The molecule has 6 nitrogen and oxygen atoms in total. The van der Waals surface area contributed by atoms with Gasteiger partial charge in [0.2, 0.25) is 0 Å². The van der Waals surface area contributed by atoms with Crippen molar-refractivity contribution in [3.05, 3.63) is 37.2 Å². The van der Waals surface area contributed by atoms with Gasteiger partial charge in [-0.3, -0.25) is 0 Å². The van der Waals surface area contributed by atoms with Crippen LogP contribution >= 0.6 is 0 Å². The van der Waals surface area contributed by atoms with Crippen LogP contribution in [0.4, 0.5) is 0 Å². The molecule has 0 saturated carbocycles. The summed E-state index contributed by atoms with van der Waals surface area (Å²) in [7, 11) is 0. The van der Waals surface area contributed by atoms with Crippen molar-refractivity contribution in [1.82, 2.24) is 25.3 Å². The minimum Gasteiger partial charge on any atom is -0.492 e. The molecule has 0 radical (unpaired) electrons. The molecule has 118 valence electrons. The molecule has 1 fully saturated rings. The largest absolute Gasteiger partial charge is 0.492 e. The second kappa shape index (κ2) is 6.34. The van der Waals surface area contributed by atoms with Crippen molar-refractivity contribution in [2.24, 2.45) is 5.92 Å². The fourth-order valence-corrected chi connectivity index (χ4v) is 3.07. The van der Waals surface area contributed by atoms with E-state index in [2.05, 4.69) is 25.3 Å². The number of hydrogen-bond acceptors (Lipinski definition) is 5. The molecule has 3 aromatic heterocycles. The highest BCUT2D eigenvalue weighted by atomic mass is 16.5. The Labute approximate surface area is 134 Å². The molecule has 6 heteroatoms. The predicted molar refractivity (Wildman–Crippen MR) is 88.2 cm³/mol. The summed E-state index contributed by atoms with van der Waals surface area (Å²) in [4.78, 5) is 15.8. The first kappa shape index (κ1) is 14.1. The van der Waals surface area contributed by atoms with Crippen LogP contribution in [0.25, 0.3) is 22.2 Å². The normalized spacial score (nSPS) is 15.8. The Balaban J connectivity index is 1.65. The number of pyridine rings is 1. The number of rotatable bonds is 4. The molecular weight excluding hydrogens is 290 g/mol. The smallest absolute Gasteiger partial charge is 0.141 e. The Morgan fingerprint density at radius 2 is 2.00 bits per heavy atom. The van der Waals surface area contributed by atoms with Gasteiger partial charge in [-0.1, -0.05) is 0 Å². The average molecular weight is 309 g/mol. The van der Waals surface area contributed by atoms with Crippen LogP contribution in [-0.2, 0) is 0 Å². The van der Waals surface area contributed by atoms with Gasteiger partial charge in [-0.05, 0) is 37.9 Å². The maximum atomic E-state index is 6.15. The monoisotopic (exact) mass is 309 g/mol. The fourth-order valence-electron chi connectivity index (χ4n) is 3.07. The summed E-state index contributed by atoms with van der Waals surface area (Å²) in [5, 5.41) is 4.38. The molecule has 0 unspecified atom stereocenters. The van der Waals surface area contributed by atoms with Crippen molar-refractivity contribution in [2.45, 2.75) is 12.8 Å². The molecule has 2 N–H and O–H groups in total. The second-order valence-electron chi connectivity index (χ2n) is 5.87. The zero-order chi connectivity index (χ0) is 15.5. The number of ether oxygens (including phenoxy) is 1. The summed E-state index contributed by atoms with van der Waals surface area (Å²) in [6.07, 6.45) is 11.2. The van der Waals surface area contributed by atoms with E-state index in [0.29, 0.717) is 5.92 Å². The molecule has 23 heavy (non-hydrogen) atoms. The van der Waals surface area contributed by atoms with Crippen LogP contribution in [0.15, 0.2) is 37.2 Å². The van der Waals surface area contributed by atoms with E-state index in [1.165, 1.54) is 19.2 Å². The van der Waals surface area contributed by atoms with E-state index in [0.717, 1.165) is 47.6 Å². The van der Waals surface area contributed by atoms with Crippen molar-refractivity contribution in [1.29, 1.82) is 0 Å². The van der Waals surface area contributed by atoms with E-state index in [4.69, 9.17) is 4.74 Å². The van der Waals surface area contributed by atoms with Crippen molar-refractivity contribution in [3.63, 3.8) is 0 Å². The average Bonchev–Trinajstić information content (AvgIpc) is 3.06. The number of fused-ring (bicyclic) bond motifs is 1. The van der Waals surface area contributed by atoms with Crippen LogP contribution in [0.5, 0.6) is 5.75 Å². The SMILES string of the molecule is c1ncc(-c2c[nH]c3nccc(OCC4CCNCC4)c23)cn1. The Morgan fingerprint density at radius 3 is 2.83 bits per heavy atom. The predicted octanol–water partition coefficient (Wildman–Crippen LogP) is 2.40. The minimum atomic E-state index is 0.613. The summed E-state index contributed by atoms with van der Waals surface area (Å²) in [5.74, 6) is 1.48. The lowest BCUT2D eigenvalue weighted by Gasteiger charge is -2.22. The van der Waals surface area contributed by atoms with Gasteiger partial charge in [-0.25, -0.2) is 15.0 Å². The Morgan fingerprint density at radius 1 is 1.17 bits per heavy atom. The zero-order valence-corrected chi connectivity index (χ0v) is 12.8. The summed E-state index contributed by atoms with van der Waals surface area (Å²) >= 11 is 0. The molecule has 1 aliphatic heterocycles. The Bertz CT molecular complexity index is 780. The number of nitrogens with zero attached hydrogens (tertiary/aromatic N) is 3. The van der Waals surface area contributed by atoms with Gasteiger partial charge in [0.1, 0.15) is 17.7 Å². The van der Waals surface area contributed by atoms with Crippen LogP contribution in [0.3, 0.4) is 0 Å². The highest BCUT2D eigenvalue weighted by Gasteiger charge is 2.16. The first-order valence-corrected chi connectivity index (χ1v) is 7.97. The lowest BCUT2D eigenvalue weighted by molar-refractivity contribution is 0.217. The Kier molecular flexibility index (Phi) is 3.90. The van der Waals surface area contributed by atoms with Gasteiger partial charge in [0.15, 0.2) is 0 Å². The van der Waals surface area contributed by atoms with Gasteiger partial charge in [0.25, 0.3) is 0 Å². The molecule has 0 spiro atoms. The van der Waals surface area contributed by atoms with Crippen LogP contribution in [0.2, 0.25) is 0 Å². The zero-order valence-electron chi connectivity index (χ0n) is 12.8. The molecule has 4 rings (SSSR count). The van der Waals surface area contributed by atoms with Crippen molar-refractivity contribution < 1.29 is 4.74 Å². The number of piperidine rings is 1. The Hall–Kier alpha value is -2.47. The molecule has 0 atom stereocenters. The summed E-state index contributed by atoms with van der Waals surface area (Å²) in [6, 6.07) is 1.94. The number of aromatic amines is 1. The fraction of sp³-hybridized carbons (Fsp3) is 0.353. The van der Waals surface area contributed by atoms with Crippen LogP contribution in [-0.4, -0.2) is 39.6 Å². The molecule has 0 amide bonds. The van der Waals surface area contributed by atoms with Gasteiger partial charge in [-0.2, -0.15) is 0 Å². The van der Waals surface area contributed by atoms with E-state index in [1.807, 2.05) is 12.3 Å². The van der Waals surface area contributed by atoms with Gasteiger partial charge in [-0.15, -0.1) is 0 Å². The highest BCUT2D eigenvalue weighted by Crippen LogP contribution is 2.34. The van der Waals surface area contributed by atoms with E-state index in [-0.39, 0.29) is 0 Å². The summed E-state index contributed by atoms with van der Waals surface area (Å²) in [6.45, 7) is 2.91. The topological polar surface area (TPSA) is 75.7 Å². The molecule has 3 aromatic rings. The molecule has 4 heterocycles. The lowest BCUT2D eigenvalue weighted by Crippen LogP contribution is -2.30. The van der Waals surface area contributed by atoms with Gasteiger partial charge >= 0.3 is 0 Å². The molecule has 0 aromatic carbocycles. The third-order valence-electron chi connectivity index (χ3n) is 4.34. The second-order valence-corrected chi connectivity index (χ2v) is 5.87. The molecule has 0 aliphatic carbocycles. The van der Waals surface area contributed by atoms with Crippen LogP contribution in [0.1, 0.15) is 12.8 Å². The van der Waals surface area contributed by atoms with E-state index >= 15 is 0 Å². The first-order valence-electron chi connectivity index (χ1n) is 7.97. The highest BCUT2D eigenvalue weighted by molar-refractivity contribution is 5.97.